The van der Waals surface area contributed by atoms with Crippen LogP contribution in [0.2, 0.25) is 0 Å². The standard InChI is InChI=1S/C11H20N2O3/c1-5-7-8(12)9(14)13(6-2)11(3,4)10(15)16/h5,8H,1,6-7,12H2,2-4H3,(H,15,16). The number of aliphatic carboxylic acids is 1. The molecule has 16 heavy (non-hydrogen) atoms. The number of carboxylic acids is 1. The van der Waals surface area contributed by atoms with Crippen LogP contribution in [0.1, 0.15) is 27.2 Å². The number of rotatable bonds is 6. The first-order valence-corrected chi connectivity index (χ1v) is 5.20. The minimum Gasteiger partial charge on any atom is -0.480 e. The molecule has 5 heteroatoms. The van der Waals surface area contributed by atoms with Gasteiger partial charge in [-0.3, -0.25) is 4.79 Å². The smallest absolute Gasteiger partial charge is 0.329 e. The zero-order chi connectivity index (χ0) is 12.9. The number of nitrogens with two attached hydrogens (primary N) is 1. The normalized spacial score (nSPS) is 13.0. The molecular formula is C11H20N2O3. The Hall–Kier alpha value is -1.36. The van der Waals surface area contributed by atoms with E-state index < -0.39 is 17.6 Å². The van der Waals surface area contributed by atoms with Gasteiger partial charge < -0.3 is 15.7 Å². The third-order valence-corrected chi connectivity index (χ3v) is 2.52. The van der Waals surface area contributed by atoms with Crippen LogP contribution in [0, 0.1) is 0 Å². The van der Waals surface area contributed by atoms with Crippen LogP contribution in [0.25, 0.3) is 0 Å². The molecule has 0 saturated carbocycles. The maximum absolute atomic E-state index is 11.9. The summed E-state index contributed by atoms with van der Waals surface area (Å²) in [7, 11) is 0. The van der Waals surface area contributed by atoms with E-state index >= 15 is 0 Å². The van der Waals surface area contributed by atoms with Crippen molar-refractivity contribution in [2.24, 2.45) is 5.73 Å². The molecule has 0 aliphatic carbocycles. The molecule has 5 nitrogen and oxygen atoms in total. The molecule has 0 rings (SSSR count). The molecule has 1 unspecified atom stereocenters. The maximum Gasteiger partial charge on any atom is 0.329 e. The van der Waals surface area contributed by atoms with Crippen molar-refractivity contribution in [1.82, 2.24) is 4.90 Å². The van der Waals surface area contributed by atoms with Crippen molar-refractivity contribution in [3.63, 3.8) is 0 Å². The minimum absolute atomic E-state index is 0.309. The molecule has 0 aliphatic heterocycles. The zero-order valence-electron chi connectivity index (χ0n) is 10.1. The number of hydrogen-bond acceptors (Lipinski definition) is 3. The summed E-state index contributed by atoms with van der Waals surface area (Å²) in [5.74, 6) is -1.41. The number of amides is 1. The van der Waals surface area contributed by atoms with Gasteiger partial charge >= 0.3 is 5.97 Å². The average Bonchev–Trinajstić information content (AvgIpc) is 2.18. The van der Waals surface area contributed by atoms with E-state index in [1.165, 1.54) is 18.7 Å². The summed E-state index contributed by atoms with van der Waals surface area (Å²) in [4.78, 5) is 24.2. The SMILES string of the molecule is C=CCC(N)C(=O)N(CC)C(C)(C)C(=O)O. The van der Waals surface area contributed by atoms with Crippen LogP contribution in [0.4, 0.5) is 0 Å². The fraction of sp³-hybridized carbons (Fsp3) is 0.636. The van der Waals surface area contributed by atoms with E-state index in [9.17, 15) is 9.59 Å². The first-order valence-electron chi connectivity index (χ1n) is 5.20. The summed E-state index contributed by atoms with van der Waals surface area (Å²) in [5.41, 5.74) is 4.40. The van der Waals surface area contributed by atoms with Gasteiger partial charge in [-0.25, -0.2) is 4.79 Å². The van der Waals surface area contributed by atoms with Crippen LogP contribution in [0.5, 0.6) is 0 Å². The molecule has 92 valence electrons. The number of hydrogen-bond donors (Lipinski definition) is 2. The Morgan fingerprint density at radius 1 is 1.56 bits per heavy atom. The van der Waals surface area contributed by atoms with Gasteiger partial charge in [-0.15, -0.1) is 6.58 Å². The van der Waals surface area contributed by atoms with Crippen molar-refractivity contribution in [1.29, 1.82) is 0 Å². The summed E-state index contributed by atoms with van der Waals surface area (Å²) in [6, 6.07) is -0.726. The third kappa shape index (κ3) is 3.06. The van der Waals surface area contributed by atoms with Gasteiger partial charge in [-0.1, -0.05) is 6.08 Å². The van der Waals surface area contributed by atoms with Crippen molar-refractivity contribution in [3.8, 4) is 0 Å². The fourth-order valence-corrected chi connectivity index (χ4v) is 1.42. The van der Waals surface area contributed by atoms with Crippen molar-refractivity contribution in [2.75, 3.05) is 6.54 Å². The van der Waals surface area contributed by atoms with Gasteiger partial charge in [0.25, 0.3) is 0 Å². The minimum atomic E-state index is -1.25. The molecule has 0 bridgehead atoms. The number of nitrogens with zero attached hydrogens (tertiary/aromatic N) is 1. The average molecular weight is 228 g/mol. The second-order valence-electron chi connectivity index (χ2n) is 4.08. The highest BCUT2D eigenvalue weighted by Gasteiger charge is 2.38. The molecular weight excluding hydrogens is 208 g/mol. The summed E-state index contributed by atoms with van der Waals surface area (Å²) < 4.78 is 0. The van der Waals surface area contributed by atoms with Gasteiger partial charge in [0.15, 0.2) is 0 Å². The van der Waals surface area contributed by atoms with Gasteiger partial charge in [0.2, 0.25) is 5.91 Å². The van der Waals surface area contributed by atoms with Crippen LogP contribution < -0.4 is 5.73 Å². The molecule has 0 aliphatic rings. The lowest BCUT2D eigenvalue weighted by Gasteiger charge is -2.35. The van der Waals surface area contributed by atoms with Gasteiger partial charge in [-0.05, 0) is 27.2 Å². The van der Waals surface area contributed by atoms with E-state index in [2.05, 4.69) is 6.58 Å². The number of carboxylic acid groups (broad SMARTS) is 1. The third-order valence-electron chi connectivity index (χ3n) is 2.52. The van der Waals surface area contributed by atoms with Gasteiger partial charge in [-0.2, -0.15) is 0 Å². The molecule has 0 radical (unpaired) electrons. The Balaban J connectivity index is 4.93. The van der Waals surface area contributed by atoms with Crippen LogP contribution in [0.15, 0.2) is 12.7 Å². The van der Waals surface area contributed by atoms with Crippen molar-refractivity contribution in [3.05, 3.63) is 12.7 Å². The van der Waals surface area contributed by atoms with Gasteiger partial charge in [0.05, 0.1) is 6.04 Å². The molecule has 0 aromatic carbocycles. The first kappa shape index (κ1) is 14.6. The van der Waals surface area contributed by atoms with E-state index in [0.29, 0.717) is 13.0 Å². The number of carbonyl (C=O) groups is 2. The largest absolute Gasteiger partial charge is 0.480 e. The Kier molecular flexibility index (Phi) is 5.17. The highest BCUT2D eigenvalue weighted by molar-refractivity contribution is 5.89. The van der Waals surface area contributed by atoms with Crippen LogP contribution in [-0.4, -0.2) is 40.0 Å². The Morgan fingerprint density at radius 2 is 2.06 bits per heavy atom. The molecule has 1 amide bonds. The number of carbonyl (C=O) groups excluding carboxylic acids is 1. The molecule has 0 spiro atoms. The van der Waals surface area contributed by atoms with E-state index in [-0.39, 0.29) is 5.91 Å². The van der Waals surface area contributed by atoms with E-state index in [1.54, 1.807) is 13.0 Å². The van der Waals surface area contributed by atoms with E-state index in [0.717, 1.165) is 0 Å². The summed E-state index contributed by atoms with van der Waals surface area (Å²) >= 11 is 0. The van der Waals surface area contributed by atoms with Crippen molar-refractivity contribution in [2.45, 2.75) is 38.8 Å². The first-order chi connectivity index (χ1) is 7.28. The van der Waals surface area contributed by atoms with E-state index in [1.807, 2.05) is 0 Å². The van der Waals surface area contributed by atoms with E-state index in [4.69, 9.17) is 10.8 Å². The summed E-state index contributed by atoms with van der Waals surface area (Å²) in [5, 5.41) is 9.05. The lowest BCUT2D eigenvalue weighted by atomic mass is 10.0. The van der Waals surface area contributed by atoms with Crippen LogP contribution >= 0.6 is 0 Å². The summed E-state index contributed by atoms with van der Waals surface area (Å²) in [6.07, 6.45) is 1.88. The highest BCUT2D eigenvalue weighted by atomic mass is 16.4. The molecule has 0 aromatic rings. The molecule has 0 heterocycles. The molecule has 0 fully saturated rings. The number of likely N-dealkylation sites (N-methyl/N-ethyl adjacent to an activating group) is 1. The summed E-state index contributed by atoms with van der Waals surface area (Å²) in [6.45, 7) is 8.50. The molecule has 0 aromatic heterocycles. The van der Waals surface area contributed by atoms with Crippen molar-refractivity contribution >= 4 is 11.9 Å². The Bertz CT molecular complexity index is 287. The second kappa shape index (κ2) is 5.65. The molecule has 0 saturated heterocycles. The molecule has 3 N–H and O–H groups in total. The quantitative estimate of drug-likeness (QED) is 0.652. The molecule has 1 atom stereocenters. The van der Waals surface area contributed by atoms with Crippen LogP contribution in [0.3, 0.4) is 0 Å². The Morgan fingerprint density at radius 3 is 2.38 bits per heavy atom. The van der Waals surface area contributed by atoms with Crippen LogP contribution in [-0.2, 0) is 9.59 Å². The maximum atomic E-state index is 11.9. The lowest BCUT2D eigenvalue weighted by molar-refractivity contribution is -0.157. The second-order valence-corrected chi connectivity index (χ2v) is 4.08. The van der Waals surface area contributed by atoms with Crippen molar-refractivity contribution < 1.29 is 14.7 Å². The highest BCUT2D eigenvalue weighted by Crippen LogP contribution is 2.16. The monoisotopic (exact) mass is 228 g/mol. The van der Waals surface area contributed by atoms with Gasteiger partial charge in [0.1, 0.15) is 5.54 Å². The fourth-order valence-electron chi connectivity index (χ4n) is 1.42. The predicted octanol–water partition coefficient (Wildman–Crippen LogP) is 0.601. The Labute approximate surface area is 95.9 Å². The topological polar surface area (TPSA) is 83.6 Å². The zero-order valence-corrected chi connectivity index (χ0v) is 10.1. The lowest BCUT2D eigenvalue weighted by Crippen LogP contribution is -2.57. The van der Waals surface area contributed by atoms with Gasteiger partial charge in [0, 0.05) is 6.54 Å². The predicted molar refractivity (Wildman–Crippen MR) is 61.9 cm³/mol.